The molecule has 0 bridgehead atoms. The van der Waals surface area contributed by atoms with Gasteiger partial charge < -0.3 is 10.1 Å². The summed E-state index contributed by atoms with van der Waals surface area (Å²) in [7, 11) is 0. The Morgan fingerprint density at radius 3 is 2.76 bits per heavy atom. The molecule has 100 valence electrons. The maximum atomic E-state index is 11.8. The van der Waals surface area contributed by atoms with Gasteiger partial charge in [-0.25, -0.2) is 0 Å². The van der Waals surface area contributed by atoms with Crippen molar-refractivity contribution >= 4 is 5.91 Å². The van der Waals surface area contributed by atoms with Gasteiger partial charge in [0.1, 0.15) is 0 Å². The van der Waals surface area contributed by atoms with Crippen molar-refractivity contribution in [1.82, 2.24) is 5.32 Å². The second kappa shape index (κ2) is 6.83. The topological polar surface area (TPSA) is 38.3 Å². The van der Waals surface area contributed by atoms with Crippen LogP contribution < -0.4 is 5.32 Å². The Morgan fingerprint density at radius 2 is 2.18 bits per heavy atom. The van der Waals surface area contributed by atoms with E-state index in [-0.39, 0.29) is 0 Å². The summed E-state index contributed by atoms with van der Waals surface area (Å²) in [5.74, 6) is -0.106. The fourth-order valence-electron chi connectivity index (χ4n) is 1.79. The number of hydrogen-bond donors (Lipinski definition) is 1. The number of halogens is 3. The van der Waals surface area contributed by atoms with E-state index in [0.717, 1.165) is 25.9 Å². The third kappa shape index (κ3) is 7.20. The van der Waals surface area contributed by atoms with Crippen molar-refractivity contribution in [2.24, 2.45) is 5.92 Å². The summed E-state index contributed by atoms with van der Waals surface area (Å²) in [5.41, 5.74) is 0. The van der Waals surface area contributed by atoms with Gasteiger partial charge in [-0.1, -0.05) is 0 Å². The maximum absolute atomic E-state index is 11.8. The first-order valence-corrected chi connectivity index (χ1v) is 5.88. The van der Waals surface area contributed by atoms with Crippen LogP contribution in [0.4, 0.5) is 13.2 Å². The molecule has 1 saturated heterocycles. The minimum absolute atomic E-state index is 0.423. The molecule has 0 aromatic rings. The van der Waals surface area contributed by atoms with E-state index < -0.39 is 24.9 Å². The molecule has 17 heavy (non-hydrogen) atoms. The normalized spacial score (nSPS) is 21.2. The number of ether oxygens (including phenoxy) is 1. The van der Waals surface area contributed by atoms with Crippen LogP contribution in [-0.4, -0.2) is 31.8 Å². The lowest BCUT2D eigenvalue weighted by molar-refractivity contribution is -0.144. The summed E-state index contributed by atoms with van der Waals surface area (Å²) in [5, 5.41) is 2.51. The zero-order valence-electron chi connectivity index (χ0n) is 9.68. The van der Waals surface area contributed by atoms with E-state index in [0.29, 0.717) is 19.1 Å². The molecule has 6 heteroatoms. The van der Waals surface area contributed by atoms with Crippen LogP contribution in [-0.2, 0) is 9.53 Å². The Morgan fingerprint density at radius 1 is 1.41 bits per heavy atom. The molecule has 0 aliphatic carbocycles. The van der Waals surface area contributed by atoms with Gasteiger partial charge in [-0.2, -0.15) is 13.2 Å². The van der Waals surface area contributed by atoms with Crippen molar-refractivity contribution in [3.8, 4) is 0 Å². The molecule has 1 amide bonds. The van der Waals surface area contributed by atoms with Crippen molar-refractivity contribution in [1.29, 1.82) is 0 Å². The number of carbonyl (C=O) groups is 1. The van der Waals surface area contributed by atoms with Crippen LogP contribution in [0.25, 0.3) is 0 Å². The summed E-state index contributed by atoms with van der Waals surface area (Å²) in [4.78, 5) is 11.1. The number of nitrogens with one attached hydrogen (secondary N) is 1. The van der Waals surface area contributed by atoms with Gasteiger partial charge in [0.25, 0.3) is 0 Å². The predicted molar refractivity (Wildman–Crippen MR) is 56.5 cm³/mol. The Kier molecular flexibility index (Phi) is 5.74. The van der Waals surface area contributed by atoms with Crippen LogP contribution >= 0.6 is 0 Å². The SMILES string of the molecule is O=C(CCC(F)(F)F)NCC[C@H]1CCCOC1. The molecule has 1 atom stereocenters. The number of amides is 1. The molecule has 1 N–H and O–H groups in total. The Balaban J connectivity index is 2.03. The van der Waals surface area contributed by atoms with E-state index in [2.05, 4.69) is 5.32 Å². The van der Waals surface area contributed by atoms with Crippen LogP contribution in [0.1, 0.15) is 32.1 Å². The zero-order chi connectivity index (χ0) is 12.7. The van der Waals surface area contributed by atoms with E-state index in [1.54, 1.807) is 0 Å². The molecule has 0 saturated carbocycles. The quantitative estimate of drug-likeness (QED) is 0.816. The predicted octanol–water partition coefficient (Wildman–Crippen LogP) is 2.26. The highest BCUT2D eigenvalue weighted by Crippen LogP contribution is 2.21. The molecule has 0 aromatic heterocycles. The summed E-state index contributed by atoms with van der Waals surface area (Å²) < 4.78 is 40.8. The van der Waals surface area contributed by atoms with Gasteiger partial charge in [0.2, 0.25) is 5.91 Å². The fraction of sp³-hybridized carbons (Fsp3) is 0.909. The average molecular weight is 253 g/mol. The molecule has 1 aliphatic heterocycles. The van der Waals surface area contributed by atoms with Gasteiger partial charge in [0, 0.05) is 26.2 Å². The van der Waals surface area contributed by atoms with E-state index in [1.807, 2.05) is 0 Å². The minimum atomic E-state index is -4.26. The highest BCUT2D eigenvalue weighted by atomic mass is 19.4. The minimum Gasteiger partial charge on any atom is -0.381 e. The summed E-state index contributed by atoms with van der Waals surface area (Å²) in [6.07, 6.45) is -2.92. The molecule has 0 radical (unpaired) electrons. The largest absolute Gasteiger partial charge is 0.389 e. The number of carbonyl (C=O) groups excluding carboxylic acids is 1. The molecule has 0 unspecified atom stereocenters. The van der Waals surface area contributed by atoms with Gasteiger partial charge in [-0.3, -0.25) is 4.79 Å². The maximum Gasteiger partial charge on any atom is 0.389 e. The van der Waals surface area contributed by atoms with Crippen LogP contribution in [0.5, 0.6) is 0 Å². The lowest BCUT2D eigenvalue weighted by Crippen LogP contribution is -2.29. The smallest absolute Gasteiger partial charge is 0.381 e. The van der Waals surface area contributed by atoms with E-state index in [4.69, 9.17) is 4.74 Å². The number of alkyl halides is 3. The van der Waals surface area contributed by atoms with E-state index in [1.165, 1.54) is 0 Å². The second-order valence-electron chi connectivity index (χ2n) is 4.34. The molecule has 1 fully saturated rings. The number of rotatable bonds is 5. The summed E-state index contributed by atoms with van der Waals surface area (Å²) >= 11 is 0. The van der Waals surface area contributed by atoms with E-state index in [9.17, 15) is 18.0 Å². The van der Waals surface area contributed by atoms with Crippen molar-refractivity contribution in [3.05, 3.63) is 0 Å². The molecule has 0 aromatic carbocycles. The van der Waals surface area contributed by atoms with Gasteiger partial charge in [0.15, 0.2) is 0 Å². The summed E-state index contributed by atoms with van der Waals surface area (Å²) in [6.45, 7) is 1.91. The fourth-order valence-corrected chi connectivity index (χ4v) is 1.79. The Bertz CT molecular complexity index is 237. The molecule has 1 rings (SSSR count). The standard InChI is InChI=1S/C11H18F3NO2/c12-11(13,14)5-3-10(16)15-6-4-9-2-1-7-17-8-9/h9H,1-8H2,(H,15,16)/t9-/m1/s1. The highest BCUT2D eigenvalue weighted by Gasteiger charge is 2.27. The highest BCUT2D eigenvalue weighted by molar-refractivity contribution is 5.75. The van der Waals surface area contributed by atoms with Crippen LogP contribution in [0.2, 0.25) is 0 Å². The van der Waals surface area contributed by atoms with Crippen molar-refractivity contribution in [2.45, 2.75) is 38.3 Å². The van der Waals surface area contributed by atoms with Crippen LogP contribution in [0.3, 0.4) is 0 Å². The molecule has 0 spiro atoms. The lowest BCUT2D eigenvalue weighted by Gasteiger charge is -2.21. The third-order valence-electron chi connectivity index (χ3n) is 2.76. The number of hydrogen-bond acceptors (Lipinski definition) is 2. The average Bonchev–Trinajstić information content (AvgIpc) is 2.27. The van der Waals surface area contributed by atoms with Crippen LogP contribution in [0.15, 0.2) is 0 Å². The second-order valence-corrected chi connectivity index (χ2v) is 4.34. The van der Waals surface area contributed by atoms with Gasteiger partial charge in [-0.05, 0) is 25.2 Å². The summed E-state index contributed by atoms with van der Waals surface area (Å²) in [6, 6.07) is 0. The van der Waals surface area contributed by atoms with E-state index >= 15 is 0 Å². The first-order valence-electron chi connectivity index (χ1n) is 5.88. The van der Waals surface area contributed by atoms with Gasteiger partial charge >= 0.3 is 6.18 Å². The zero-order valence-corrected chi connectivity index (χ0v) is 9.68. The van der Waals surface area contributed by atoms with Crippen molar-refractivity contribution in [3.63, 3.8) is 0 Å². The third-order valence-corrected chi connectivity index (χ3v) is 2.76. The molecular formula is C11H18F3NO2. The van der Waals surface area contributed by atoms with Gasteiger partial charge in [-0.15, -0.1) is 0 Å². The molecular weight excluding hydrogens is 235 g/mol. The Hall–Kier alpha value is -0.780. The molecule has 3 nitrogen and oxygen atoms in total. The Labute approximate surface area is 98.7 Å². The molecule has 1 heterocycles. The van der Waals surface area contributed by atoms with Crippen molar-refractivity contribution < 1.29 is 22.7 Å². The monoisotopic (exact) mass is 253 g/mol. The van der Waals surface area contributed by atoms with Crippen LogP contribution in [0, 0.1) is 5.92 Å². The van der Waals surface area contributed by atoms with Crippen molar-refractivity contribution in [2.75, 3.05) is 19.8 Å². The lowest BCUT2D eigenvalue weighted by atomic mass is 9.99. The molecule has 1 aliphatic rings. The van der Waals surface area contributed by atoms with Gasteiger partial charge in [0.05, 0.1) is 6.42 Å². The first kappa shape index (κ1) is 14.3. The first-order chi connectivity index (χ1) is 7.97.